The fraction of sp³-hybridized carbons (Fsp3) is 1.00. The average molecular weight is 268 g/mol. The molecular weight excluding hydrogens is 245 g/mol. The van der Waals surface area contributed by atoms with Crippen LogP contribution in [0.2, 0.25) is 0 Å². The third-order valence-electron chi connectivity index (χ3n) is 2.51. The average Bonchev–Trinajstić information content (AvgIpc) is 2.17. The van der Waals surface area contributed by atoms with Gasteiger partial charge in [-0.3, -0.25) is 0 Å². The van der Waals surface area contributed by atoms with Crippen LogP contribution in [-0.2, 0) is 25.6 Å². The highest BCUT2D eigenvalue weighted by molar-refractivity contribution is 8.09. The van der Waals surface area contributed by atoms with E-state index in [4.69, 9.17) is 25.6 Å². The molecule has 0 aromatic heterocycles. The molecule has 6 heteroatoms. The molecule has 1 fully saturated rings. The van der Waals surface area contributed by atoms with E-state index in [1.54, 1.807) is 0 Å². The van der Waals surface area contributed by atoms with Crippen molar-refractivity contribution in [2.24, 2.45) is 0 Å². The van der Waals surface area contributed by atoms with Gasteiger partial charge in [-0.25, -0.2) is 0 Å². The summed E-state index contributed by atoms with van der Waals surface area (Å²) in [6.45, 7) is 9.36. The zero-order valence-electron chi connectivity index (χ0n) is 10.4. The molecule has 0 radical (unpaired) electrons. The minimum absolute atomic E-state index is 0.162. The van der Waals surface area contributed by atoms with E-state index >= 15 is 0 Å². The molecule has 1 saturated heterocycles. The van der Waals surface area contributed by atoms with E-state index in [1.807, 2.05) is 13.6 Å². The normalized spacial score (nSPS) is 23.9. The summed E-state index contributed by atoms with van der Waals surface area (Å²) in [5.41, 5.74) is 0. The van der Waals surface area contributed by atoms with Gasteiger partial charge in [-0.2, -0.15) is 0 Å². The first-order chi connectivity index (χ1) is 7.53. The smallest absolute Gasteiger partial charge is 0.186 e. The minimum atomic E-state index is -2.03. The van der Waals surface area contributed by atoms with Crippen LogP contribution in [0.3, 0.4) is 0 Å². The van der Waals surface area contributed by atoms with Gasteiger partial charge in [-0.05, 0) is 25.7 Å². The lowest BCUT2D eigenvalue weighted by Crippen LogP contribution is -3.15. The predicted molar refractivity (Wildman–Crippen MR) is 68.8 cm³/mol. The number of hydrogen-bond acceptors (Lipinski definition) is 4. The van der Waals surface area contributed by atoms with Crippen molar-refractivity contribution in [3.8, 4) is 0 Å². The van der Waals surface area contributed by atoms with E-state index in [2.05, 4.69) is 6.92 Å². The lowest BCUT2D eigenvalue weighted by atomic mass is 10.3. The van der Waals surface area contributed by atoms with Crippen molar-refractivity contribution in [1.29, 1.82) is 0 Å². The fourth-order valence-electron chi connectivity index (χ4n) is 1.90. The van der Waals surface area contributed by atoms with Crippen molar-refractivity contribution in [2.75, 3.05) is 46.1 Å². The second-order valence-corrected chi connectivity index (χ2v) is 8.17. The van der Waals surface area contributed by atoms with Crippen LogP contribution >= 0.6 is 6.49 Å². The molecule has 0 amide bonds. The second kappa shape index (κ2) is 7.04. The Bertz CT molecular complexity index is 246. The molecular formula is C10H23NO3PS+. The molecule has 0 aliphatic carbocycles. The van der Waals surface area contributed by atoms with Crippen LogP contribution in [0.4, 0.5) is 0 Å². The maximum Gasteiger partial charge on any atom is 0.186 e. The van der Waals surface area contributed by atoms with Gasteiger partial charge in [0.2, 0.25) is 0 Å². The van der Waals surface area contributed by atoms with Crippen LogP contribution in [0.15, 0.2) is 0 Å². The summed E-state index contributed by atoms with van der Waals surface area (Å²) in [6.07, 6.45) is 0.162. The summed E-state index contributed by atoms with van der Waals surface area (Å²) in [7, 11) is 0. The fourth-order valence-corrected chi connectivity index (χ4v) is 3.91. The van der Waals surface area contributed by atoms with Gasteiger partial charge in [0.05, 0.1) is 19.8 Å². The van der Waals surface area contributed by atoms with E-state index < -0.39 is 6.49 Å². The molecule has 0 unspecified atom stereocenters. The van der Waals surface area contributed by atoms with E-state index in [0.717, 1.165) is 32.8 Å². The molecule has 2 atom stereocenters. The van der Waals surface area contributed by atoms with Crippen LogP contribution < -0.4 is 4.90 Å². The Morgan fingerprint density at radius 1 is 1.44 bits per heavy atom. The summed E-state index contributed by atoms with van der Waals surface area (Å²) < 4.78 is 16.6. The molecule has 0 bridgehead atoms. The van der Waals surface area contributed by atoms with Crippen molar-refractivity contribution in [2.45, 2.75) is 20.0 Å². The topological polar surface area (TPSA) is 32.1 Å². The highest BCUT2D eigenvalue weighted by Crippen LogP contribution is 2.45. The Labute approximate surface area is 103 Å². The minimum Gasteiger partial charge on any atom is -0.370 e. The SMILES string of the molecule is CCO[P@@](C)(=S)O[C@H](C)C[NH+]1CCOCC1. The Balaban J connectivity index is 2.28. The maximum atomic E-state index is 5.82. The highest BCUT2D eigenvalue weighted by Gasteiger charge is 2.21. The maximum absolute atomic E-state index is 5.82. The van der Waals surface area contributed by atoms with E-state index in [0.29, 0.717) is 6.61 Å². The van der Waals surface area contributed by atoms with Gasteiger partial charge in [0.25, 0.3) is 0 Å². The summed E-state index contributed by atoms with van der Waals surface area (Å²) in [6, 6.07) is 0. The predicted octanol–water partition coefficient (Wildman–Crippen LogP) is 0.282. The summed E-state index contributed by atoms with van der Waals surface area (Å²) in [5, 5.41) is 0. The van der Waals surface area contributed by atoms with Gasteiger partial charge < -0.3 is 18.7 Å². The van der Waals surface area contributed by atoms with Crippen molar-refractivity contribution >= 4 is 18.3 Å². The lowest BCUT2D eigenvalue weighted by molar-refractivity contribution is -0.910. The third-order valence-corrected chi connectivity index (χ3v) is 4.56. The summed E-state index contributed by atoms with van der Waals surface area (Å²) in [4.78, 5) is 1.53. The van der Waals surface area contributed by atoms with Crippen molar-refractivity contribution < 1.29 is 18.7 Å². The number of ether oxygens (including phenoxy) is 1. The van der Waals surface area contributed by atoms with E-state index in [-0.39, 0.29) is 6.10 Å². The van der Waals surface area contributed by atoms with Crippen LogP contribution in [0.5, 0.6) is 0 Å². The first-order valence-electron chi connectivity index (χ1n) is 5.85. The van der Waals surface area contributed by atoms with Crippen molar-refractivity contribution in [1.82, 2.24) is 0 Å². The molecule has 0 saturated carbocycles. The van der Waals surface area contributed by atoms with Crippen molar-refractivity contribution in [3.63, 3.8) is 0 Å². The van der Waals surface area contributed by atoms with Crippen LogP contribution in [0.1, 0.15) is 13.8 Å². The Morgan fingerprint density at radius 2 is 2.06 bits per heavy atom. The first-order valence-corrected chi connectivity index (χ1v) is 8.94. The van der Waals surface area contributed by atoms with Gasteiger partial charge in [0.15, 0.2) is 6.49 Å². The number of rotatable bonds is 6. The van der Waals surface area contributed by atoms with Gasteiger partial charge in [-0.1, -0.05) is 0 Å². The number of hydrogen-bond donors (Lipinski definition) is 1. The van der Waals surface area contributed by atoms with E-state index in [9.17, 15) is 0 Å². The molecule has 0 aromatic carbocycles. The number of quaternary nitrogens is 1. The second-order valence-electron chi connectivity index (χ2n) is 4.17. The Morgan fingerprint density at radius 3 is 2.62 bits per heavy atom. The van der Waals surface area contributed by atoms with Crippen LogP contribution in [0.25, 0.3) is 0 Å². The number of morpholine rings is 1. The van der Waals surface area contributed by atoms with Gasteiger partial charge in [0.1, 0.15) is 25.7 Å². The lowest BCUT2D eigenvalue weighted by Gasteiger charge is -2.28. The molecule has 4 nitrogen and oxygen atoms in total. The van der Waals surface area contributed by atoms with Crippen LogP contribution in [0, 0.1) is 0 Å². The molecule has 1 rings (SSSR count). The zero-order chi connectivity index (χ0) is 12.0. The monoisotopic (exact) mass is 268 g/mol. The Kier molecular flexibility index (Phi) is 6.40. The van der Waals surface area contributed by atoms with Gasteiger partial charge >= 0.3 is 0 Å². The molecule has 1 heterocycles. The van der Waals surface area contributed by atoms with Crippen LogP contribution in [-0.4, -0.2) is 52.2 Å². The molecule has 1 aliphatic heterocycles. The number of nitrogens with one attached hydrogen (secondary N) is 1. The van der Waals surface area contributed by atoms with Gasteiger partial charge in [-0.15, -0.1) is 0 Å². The molecule has 96 valence electrons. The summed E-state index contributed by atoms with van der Waals surface area (Å²) >= 11 is 5.32. The standard InChI is InChI=1S/C10H22NO3PS/c1-4-13-15(3,16)14-10(2)9-11-5-7-12-8-6-11/h10H,4-9H2,1-3H3/p+1/t10-,15-/m1/s1. The van der Waals surface area contributed by atoms with Gasteiger partial charge in [0, 0.05) is 6.66 Å². The molecule has 1 N–H and O–H groups in total. The summed E-state index contributed by atoms with van der Waals surface area (Å²) in [5.74, 6) is 0. The first kappa shape index (κ1) is 14.6. The molecule has 0 spiro atoms. The quantitative estimate of drug-likeness (QED) is 0.702. The molecule has 0 aromatic rings. The largest absolute Gasteiger partial charge is 0.370 e. The Hall–Kier alpha value is 0.490. The molecule has 1 aliphatic rings. The van der Waals surface area contributed by atoms with Crippen molar-refractivity contribution in [3.05, 3.63) is 0 Å². The third kappa shape index (κ3) is 5.71. The zero-order valence-corrected chi connectivity index (χ0v) is 12.1. The highest BCUT2D eigenvalue weighted by atomic mass is 32.5. The van der Waals surface area contributed by atoms with E-state index in [1.165, 1.54) is 4.90 Å². The molecule has 16 heavy (non-hydrogen) atoms.